The number of rotatable bonds is 10. The van der Waals surface area contributed by atoms with Gasteiger partial charge in [0, 0.05) is 18.7 Å². The highest BCUT2D eigenvalue weighted by Gasteiger charge is 2.11. The first-order chi connectivity index (χ1) is 10.5. The fourth-order valence-corrected chi connectivity index (χ4v) is 2.81. The largest absolute Gasteiger partial charge is 0.497 e. The summed E-state index contributed by atoms with van der Waals surface area (Å²) in [6.45, 7) is 2.57. The Bertz CT molecular complexity index is 573. The Morgan fingerprint density at radius 1 is 1.23 bits per heavy atom. The van der Waals surface area contributed by atoms with Crippen LogP contribution in [-0.4, -0.2) is 40.3 Å². The van der Waals surface area contributed by atoms with Gasteiger partial charge in [-0.2, -0.15) is 0 Å². The molecule has 0 aliphatic heterocycles. The van der Waals surface area contributed by atoms with Crippen LogP contribution in [0.3, 0.4) is 0 Å². The minimum Gasteiger partial charge on any atom is -0.497 e. The molecule has 0 fully saturated rings. The molecule has 0 saturated heterocycles. The average molecular weight is 328 g/mol. The molecule has 0 aromatic heterocycles. The quantitative estimate of drug-likeness (QED) is 0.638. The van der Waals surface area contributed by atoms with Gasteiger partial charge in [0.15, 0.2) is 0 Å². The molecule has 124 valence electrons. The molecule has 1 aromatic carbocycles. The molecule has 7 heteroatoms. The number of sulfonamides is 1. The highest BCUT2D eigenvalue weighted by Crippen LogP contribution is 2.12. The summed E-state index contributed by atoms with van der Waals surface area (Å²) in [6.07, 6.45) is 2.86. The summed E-state index contributed by atoms with van der Waals surface area (Å²) in [5.41, 5.74) is 0.438. The van der Waals surface area contributed by atoms with Crippen molar-refractivity contribution < 1.29 is 17.9 Å². The lowest BCUT2D eigenvalue weighted by molar-refractivity contribution is 0.0956. The molecular weight excluding hydrogens is 304 g/mol. The zero-order valence-corrected chi connectivity index (χ0v) is 13.9. The average Bonchev–Trinajstić information content (AvgIpc) is 2.51. The molecular formula is C15H24N2O4S. The normalized spacial score (nSPS) is 11.2. The monoisotopic (exact) mass is 328 g/mol. The molecule has 0 radical (unpaired) electrons. The first-order valence-electron chi connectivity index (χ1n) is 7.38. The van der Waals surface area contributed by atoms with E-state index in [2.05, 4.69) is 17.0 Å². The fraction of sp³-hybridized carbons (Fsp3) is 0.533. The van der Waals surface area contributed by atoms with E-state index in [-0.39, 0.29) is 18.2 Å². The minimum atomic E-state index is -3.34. The van der Waals surface area contributed by atoms with E-state index in [0.29, 0.717) is 17.9 Å². The standard InChI is InChI=1S/C15H24N2O4S/c1-3-4-5-9-17-22(19,20)11-10-16-15(18)13-7-6-8-14(12-13)21-2/h6-8,12,17H,3-5,9-11H2,1-2H3,(H,16,18). The first kappa shape index (κ1) is 18.4. The third kappa shape index (κ3) is 6.91. The number of hydrogen-bond acceptors (Lipinski definition) is 4. The summed E-state index contributed by atoms with van der Waals surface area (Å²) in [7, 11) is -1.82. The predicted octanol–water partition coefficient (Wildman–Crippen LogP) is 1.53. The van der Waals surface area contributed by atoms with Crippen molar-refractivity contribution >= 4 is 15.9 Å². The van der Waals surface area contributed by atoms with Crippen molar-refractivity contribution in [2.45, 2.75) is 26.2 Å². The molecule has 0 heterocycles. The number of amides is 1. The van der Waals surface area contributed by atoms with Crippen molar-refractivity contribution in [2.75, 3.05) is 26.0 Å². The van der Waals surface area contributed by atoms with Gasteiger partial charge in [-0.15, -0.1) is 0 Å². The zero-order chi connectivity index (χ0) is 16.4. The molecule has 0 atom stereocenters. The highest BCUT2D eigenvalue weighted by atomic mass is 32.2. The van der Waals surface area contributed by atoms with Crippen LogP contribution in [0.1, 0.15) is 36.5 Å². The fourth-order valence-electron chi connectivity index (χ4n) is 1.84. The van der Waals surface area contributed by atoms with E-state index >= 15 is 0 Å². The second-order valence-corrected chi connectivity index (χ2v) is 6.83. The molecule has 22 heavy (non-hydrogen) atoms. The number of hydrogen-bond donors (Lipinski definition) is 2. The van der Waals surface area contributed by atoms with Crippen LogP contribution in [0, 0.1) is 0 Å². The number of carbonyl (C=O) groups excluding carboxylic acids is 1. The van der Waals surface area contributed by atoms with Crippen LogP contribution in [0.5, 0.6) is 5.75 Å². The Kier molecular flexibility index (Phi) is 7.90. The van der Waals surface area contributed by atoms with Gasteiger partial charge in [-0.05, 0) is 24.6 Å². The summed E-state index contributed by atoms with van der Waals surface area (Å²) in [4.78, 5) is 11.9. The molecule has 2 N–H and O–H groups in total. The lowest BCUT2D eigenvalue weighted by Crippen LogP contribution is -2.34. The molecule has 0 bridgehead atoms. The van der Waals surface area contributed by atoms with Crippen LogP contribution in [0.2, 0.25) is 0 Å². The van der Waals surface area contributed by atoms with Crippen molar-refractivity contribution in [1.29, 1.82) is 0 Å². The molecule has 1 amide bonds. The summed E-state index contributed by atoms with van der Waals surface area (Å²) in [6, 6.07) is 6.70. The lowest BCUT2D eigenvalue weighted by atomic mass is 10.2. The van der Waals surface area contributed by atoms with Crippen LogP contribution >= 0.6 is 0 Å². The number of nitrogens with one attached hydrogen (secondary N) is 2. The van der Waals surface area contributed by atoms with E-state index in [1.54, 1.807) is 24.3 Å². The van der Waals surface area contributed by atoms with E-state index in [9.17, 15) is 13.2 Å². The summed E-state index contributed by atoms with van der Waals surface area (Å²) in [5, 5.41) is 2.59. The maximum absolute atomic E-state index is 11.9. The van der Waals surface area contributed by atoms with Crippen LogP contribution in [0.4, 0.5) is 0 Å². The molecule has 0 aliphatic carbocycles. The topological polar surface area (TPSA) is 84.5 Å². The number of ether oxygens (including phenoxy) is 1. The zero-order valence-electron chi connectivity index (χ0n) is 13.1. The Labute approximate surface area is 132 Å². The predicted molar refractivity (Wildman–Crippen MR) is 86.6 cm³/mol. The van der Waals surface area contributed by atoms with Crippen LogP contribution < -0.4 is 14.8 Å². The van der Waals surface area contributed by atoms with Gasteiger partial charge in [0.05, 0.1) is 12.9 Å². The van der Waals surface area contributed by atoms with Gasteiger partial charge in [-0.1, -0.05) is 25.8 Å². The van der Waals surface area contributed by atoms with Crippen molar-refractivity contribution in [1.82, 2.24) is 10.0 Å². The lowest BCUT2D eigenvalue weighted by Gasteiger charge is -2.08. The smallest absolute Gasteiger partial charge is 0.251 e. The molecule has 0 unspecified atom stereocenters. The summed E-state index contributed by atoms with van der Waals surface area (Å²) < 4.78 is 31.0. The maximum Gasteiger partial charge on any atom is 0.251 e. The van der Waals surface area contributed by atoms with Gasteiger partial charge in [0.25, 0.3) is 5.91 Å². The summed E-state index contributed by atoms with van der Waals surface area (Å²) >= 11 is 0. The molecule has 1 rings (SSSR count). The molecule has 0 aliphatic rings. The second kappa shape index (κ2) is 9.42. The van der Waals surface area contributed by atoms with E-state index < -0.39 is 10.0 Å². The maximum atomic E-state index is 11.9. The van der Waals surface area contributed by atoms with Crippen molar-refractivity contribution in [3.8, 4) is 5.75 Å². The van der Waals surface area contributed by atoms with E-state index in [1.165, 1.54) is 7.11 Å². The van der Waals surface area contributed by atoms with Crippen LogP contribution in [-0.2, 0) is 10.0 Å². The Morgan fingerprint density at radius 2 is 2.00 bits per heavy atom. The van der Waals surface area contributed by atoms with Gasteiger partial charge in [-0.25, -0.2) is 13.1 Å². The Morgan fingerprint density at radius 3 is 2.68 bits per heavy atom. The van der Waals surface area contributed by atoms with Gasteiger partial charge in [-0.3, -0.25) is 4.79 Å². The van der Waals surface area contributed by atoms with Crippen molar-refractivity contribution in [3.63, 3.8) is 0 Å². The van der Waals surface area contributed by atoms with Crippen molar-refractivity contribution in [3.05, 3.63) is 29.8 Å². The summed E-state index contributed by atoms with van der Waals surface area (Å²) in [5.74, 6) is 0.132. The Hall–Kier alpha value is -1.60. The molecule has 1 aromatic rings. The van der Waals surface area contributed by atoms with E-state index in [0.717, 1.165) is 19.3 Å². The van der Waals surface area contributed by atoms with Gasteiger partial charge in [0.1, 0.15) is 5.75 Å². The Balaban J connectivity index is 2.37. The third-order valence-corrected chi connectivity index (χ3v) is 4.48. The molecule has 6 nitrogen and oxygen atoms in total. The number of unbranched alkanes of at least 4 members (excludes halogenated alkanes) is 2. The number of methoxy groups -OCH3 is 1. The van der Waals surface area contributed by atoms with Crippen LogP contribution in [0.15, 0.2) is 24.3 Å². The minimum absolute atomic E-state index is 0.0686. The molecule has 0 spiro atoms. The first-order valence-corrected chi connectivity index (χ1v) is 9.03. The SMILES string of the molecule is CCCCCNS(=O)(=O)CCNC(=O)c1cccc(OC)c1. The third-order valence-electron chi connectivity index (χ3n) is 3.09. The van der Waals surface area contributed by atoms with Gasteiger partial charge < -0.3 is 10.1 Å². The number of carbonyl (C=O) groups is 1. The number of benzene rings is 1. The van der Waals surface area contributed by atoms with Gasteiger partial charge in [0.2, 0.25) is 10.0 Å². The second-order valence-electron chi connectivity index (χ2n) is 4.91. The van der Waals surface area contributed by atoms with Gasteiger partial charge >= 0.3 is 0 Å². The van der Waals surface area contributed by atoms with Crippen LogP contribution in [0.25, 0.3) is 0 Å². The molecule has 0 saturated carbocycles. The van der Waals surface area contributed by atoms with E-state index in [1.807, 2.05) is 0 Å². The highest BCUT2D eigenvalue weighted by molar-refractivity contribution is 7.89. The van der Waals surface area contributed by atoms with E-state index in [4.69, 9.17) is 4.74 Å². The van der Waals surface area contributed by atoms with Crippen molar-refractivity contribution in [2.24, 2.45) is 0 Å².